The fraction of sp³-hybridized carbons (Fsp3) is 0.308. The molecular weight excluding hydrogens is 296 g/mol. The Hall–Kier alpha value is -2.22. The van der Waals surface area contributed by atoms with Crippen LogP contribution in [0.1, 0.15) is 6.42 Å². The molecule has 7 nitrogen and oxygen atoms in total. The van der Waals surface area contributed by atoms with Gasteiger partial charge < -0.3 is 18.6 Å². The van der Waals surface area contributed by atoms with Gasteiger partial charge in [0.25, 0.3) is 5.22 Å². The Kier molecular flexibility index (Phi) is 3.96. The highest BCUT2D eigenvalue weighted by atomic mass is 32.2. The number of esters is 1. The molecule has 0 spiro atoms. The van der Waals surface area contributed by atoms with Crippen LogP contribution in [-0.2, 0) is 9.53 Å². The molecule has 0 aliphatic carbocycles. The normalized spacial score (nSPS) is 12.4. The van der Waals surface area contributed by atoms with Crippen molar-refractivity contribution in [2.75, 3.05) is 19.7 Å². The Morgan fingerprint density at radius 2 is 2.19 bits per heavy atom. The number of hydrogen-bond acceptors (Lipinski definition) is 8. The fourth-order valence-electron chi connectivity index (χ4n) is 1.74. The maximum absolute atomic E-state index is 11.0. The zero-order chi connectivity index (χ0) is 14.7. The highest BCUT2D eigenvalue weighted by Crippen LogP contribution is 2.35. The van der Waals surface area contributed by atoms with E-state index in [1.807, 2.05) is 6.07 Å². The van der Waals surface area contributed by atoms with Gasteiger partial charge in [-0.1, -0.05) is 11.8 Å². The van der Waals surface area contributed by atoms with Gasteiger partial charge in [-0.25, -0.2) is 0 Å². The van der Waals surface area contributed by atoms with E-state index in [9.17, 15) is 4.79 Å². The summed E-state index contributed by atoms with van der Waals surface area (Å²) in [5, 5.41) is 8.32. The van der Waals surface area contributed by atoms with Crippen molar-refractivity contribution in [2.24, 2.45) is 0 Å². The van der Waals surface area contributed by atoms with Crippen LogP contribution in [0, 0.1) is 0 Å². The number of hydrogen-bond donors (Lipinski definition) is 0. The van der Waals surface area contributed by atoms with Crippen LogP contribution in [0.2, 0.25) is 0 Å². The molecule has 0 fully saturated rings. The second-order valence-electron chi connectivity index (χ2n) is 4.12. The molecule has 110 valence electrons. The topological polar surface area (TPSA) is 83.7 Å². The monoisotopic (exact) mass is 308 g/mol. The minimum atomic E-state index is -0.266. The first-order chi connectivity index (χ1) is 10.3. The number of benzene rings is 1. The second kappa shape index (κ2) is 6.04. The number of thioether (sulfide) groups is 1. The number of aromatic nitrogens is 2. The van der Waals surface area contributed by atoms with Gasteiger partial charge in [0, 0.05) is 11.3 Å². The van der Waals surface area contributed by atoms with Crippen LogP contribution in [0.4, 0.5) is 0 Å². The van der Waals surface area contributed by atoms with Crippen LogP contribution in [-0.4, -0.2) is 35.8 Å². The molecule has 0 amide bonds. The summed E-state index contributed by atoms with van der Waals surface area (Å²) in [6.07, 6.45) is 0.295. The van der Waals surface area contributed by atoms with E-state index in [0.717, 1.165) is 5.56 Å². The van der Waals surface area contributed by atoms with Gasteiger partial charge in [-0.05, 0) is 18.2 Å². The quantitative estimate of drug-likeness (QED) is 0.613. The van der Waals surface area contributed by atoms with Crippen molar-refractivity contribution in [1.82, 2.24) is 10.2 Å². The van der Waals surface area contributed by atoms with E-state index in [0.29, 0.717) is 34.8 Å². The van der Waals surface area contributed by atoms with Crippen molar-refractivity contribution in [3.63, 3.8) is 0 Å². The molecule has 1 aliphatic heterocycles. The van der Waals surface area contributed by atoms with E-state index in [-0.39, 0.29) is 12.8 Å². The molecule has 2 aromatic rings. The van der Waals surface area contributed by atoms with Crippen molar-refractivity contribution in [3.8, 4) is 23.0 Å². The van der Waals surface area contributed by atoms with Crippen molar-refractivity contribution in [1.29, 1.82) is 0 Å². The first kappa shape index (κ1) is 13.7. The molecule has 0 bridgehead atoms. The smallest absolute Gasteiger partial charge is 0.306 e. The maximum Gasteiger partial charge on any atom is 0.306 e. The molecule has 0 atom stereocenters. The first-order valence-corrected chi connectivity index (χ1v) is 7.18. The highest BCUT2D eigenvalue weighted by Gasteiger charge is 2.16. The third-order valence-corrected chi connectivity index (χ3v) is 3.61. The Bertz CT molecular complexity index is 658. The van der Waals surface area contributed by atoms with Crippen molar-refractivity contribution >= 4 is 17.7 Å². The van der Waals surface area contributed by atoms with Crippen LogP contribution in [0.5, 0.6) is 11.5 Å². The summed E-state index contributed by atoms with van der Waals surface area (Å²) in [4.78, 5) is 11.0. The molecule has 0 N–H and O–H groups in total. The number of carbonyl (C=O) groups excluding carboxylic acids is 1. The lowest BCUT2D eigenvalue weighted by Gasteiger charge is -1.98. The maximum atomic E-state index is 11.0. The largest absolute Gasteiger partial charge is 0.469 e. The van der Waals surface area contributed by atoms with Gasteiger partial charge in [-0.15, -0.1) is 10.2 Å². The third kappa shape index (κ3) is 3.10. The van der Waals surface area contributed by atoms with Gasteiger partial charge in [0.05, 0.1) is 13.5 Å². The Balaban J connectivity index is 1.66. The van der Waals surface area contributed by atoms with Gasteiger partial charge >= 0.3 is 5.97 Å². The van der Waals surface area contributed by atoms with Crippen LogP contribution < -0.4 is 9.47 Å². The molecule has 1 aromatic carbocycles. The van der Waals surface area contributed by atoms with Crippen LogP contribution in [0.15, 0.2) is 27.8 Å². The average Bonchev–Trinajstić information content (AvgIpc) is 3.15. The predicted molar refractivity (Wildman–Crippen MR) is 73.2 cm³/mol. The summed E-state index contributed by atoms with van der Waals surface area (Å²) >= 11 is 1.31. The minimum absolute atomic E-state index is 0.219. The number of carbonyl (C=O) groups is 1. The number of rotatable bonds is 5. The number of ether oxygens (including phenoxy) is 3. The van der Waals surface area contributed by atoms with Gasteiger partial charge in [0.1, 0.15) is 0 Å². The summed E-state index contributed by atoms with van der Waals surface area (Å²) < 4.78 is 20.6. The molecular formula is C13H12N2O5S. The van der Waals surface area contributed by atoms with Gasteiger partial charge in [-0.3, -0.25) is 4.79 Å². The molecule has 0 radical (unpaired) electrons. The zero-order valence-electron chi connectivity index (χ0n) is 11.2. The van der Waals surface area contributed by atoms with Crippen molar-refractivity contribution in [2.45, 2.75) is 11.6 Å². The fourth-order valence-corrected chi connectivity index (χ4v) is 2.42. The van der Waals surface area contributed by atoms with E-state index in [1.54, 1.807) is 12.1 Å². The number of methoxy groups -OCH3 is 1. The van der Waals surface area contributed by atoms with Crippen molar-refractivity contribution in [3.05, 3.63) is 18.2 Å². The molecule has 2 heterocycles. The van der Waals surface area contributed by atoms with E-state index in [1.165, 1.54) is 18.9 Å². The first-order valence-electron chi connectivity index (χ1n) is 6.19. The van der Waals surface area contributed by atoms with Crippen LogP contribution in [0.25, 0.3) is 11.5 Å². The molecule has 0 saturated heterocycles. The summed E-state index contributed by atoms with van der Waals surface area (Å²) in [6.45, 7) is 0.219. The lowest BCUT2D eigenvalue weighted by Crippen LogP contribution is -2.00. The second-order valence-corrected chi connectivity index (χ2v) is 5.16. The summed E-state index contributed by atoms with van der Waals surface area (Å²) in [7, 11) is 1.36. The summed E-state index contributed by atoms with van der Waals surface area (Å²) in [5.74, 6) is 2.01. The van der Waals surface area contributed by atoms with Crippen LogP contribution in [0.3, 0.4) is 0 Å². The van der Waals surface area contributed by atoms with Crippen molar-refractivity contribution < 1.29 is 23.4 Å². The van der Waals surface area contributed by atoms with Gasteiger partial charge in [-0.2, -0.15) is 0 Å². The highest BCUT2D eigenvalue weighted by molar-refractivity contribution is 7.99. The molecule has 3 rings (SSSR count). The Labute approximate surface area is 124 Å². The molecule has 8 heteroatoms. The zero-order valence-corrected chi connectivity index (χ0v) is 12.0. The molecule has 21 heavy (non-hydrogen) atoms. The number of fused-ring (bicyclic) bond motifs is 1. The Morgan fingerprint density at radius 1 is 1.33 bits per heavy atom. The standard InChI is InChI=1S/C13H12N2O5S/c1-17-11(16)4-5-21-13-15-14-12(20-13)8-2-3-9-10(6-8)19-7-18-9/h2-3,6H,4-5,7H2,1H3. The molecule has 1 aromatic heterocycles. The van der Waals surface area contributed by atoms with E-state index in [2.05, 4.69) is 14.9 Å². The van der Waals surface area contributed by atoms with Gasteiger partial charge in [0.2, 0.25) is 12.7 Å². The molecule has 0 unspecified atom stereocenters. The van der Waals surface area contributed by atoms with E-state index in [4.69, 9.17) is 13.9 Å². The predicted octanol–water partition coefficient (Wildman–Crippen LogP) is 2.12. The van der Waals surface area contributed by atoms with Gasteiger partial charge in [0.15, 0.2) is 11.5 Å². The molecule has 0 saturated carbocycles. The number of nitrogens with zero attached hydrogens (tertiary/aromatic N) is 2. The van der Waals surface area contributed by atoms with Crippen LogP contribution >= 0.6 is 11.8 Å². The SMILES string of the molecule is COC(=O)CCSc1nnc(-c2ccc3c(c2)OCO3)o1. The van der Waals surface area contributed by atoms with E-state index >= 15 is 0 Å². The molecule has 1 aliphatic rings. The Morgan fingerprint density at radius 3 is 3.05 bits per heavy atom. The summed E-state index contributed by atoms with van der Waals surface area (Å²) in [6, 6.07) is 5.41. The lowest BCUT2D eigenvalue weighted by atomic mass is 10.2. The lowest BCUT2D eigenvalue weighted by molar-refractivity contribution is -0.140. The third-order valence-electron chi connectivity index (χ3n) is 2.79. The minimum Gasteiger partial charge on any atom is -0.469 e. The summed E-state index contributed by atoms with van der Waals surface area (Å²) in [5.41, 5.74) is 0.756. The van der Waals surface area contributed by atoms with E-state index < -0.39 is 0 Å². The average molecular weight is 308 g/mol.